The Bertz CT molecular complexity index is 634. The molecule has 142 valence electrons. The van der Waals surface area contributed by atoms with E-state index < -0.39 is 0 Å². The van der Waals surface area contributed by atoms with Crippen LogP contribution in [0.25, 0.3) is 0 Å². The molecule has 0 N–H and O–H groups in total. The predicted octanol–water partition coefficient (Wildman–Crippen LogP) is 3.40. The number of benzene rings is 1. The lowest BCUT2D eigenvalue weighted by Crippen LogP contribution is -2.40. The number of rotatable bonds is 7. The third-order valence-corrected chi connectivity index (χ3v) is 5.59. The van der Waals surface area contributed by atoms with E-state index in [-0.39, 0.29) is 17.6 Å². The maximum Gasteiger partial charge on any atom is 0.222 e. The van der Waals surface area contributed by atoms with E-state index in [9.17, 15) is 14.0 Å². The summed E-state index contributed by atoms with van der Waals surface area (Å²) in [5, 5.41) is 0. The van der Waals surface area contributed by atoms with Crippen molar-refractivity contribution in [3.63, 3.8) is 0 Å². The van der Waals surface area contributed by atoms with Gasteiger partial charge in [-0.25, -0.2) is 4.39 Å². The largest absolute Gasteiger partial charge is 0.343 e. The topological polar surface area (TPSA) is 40.6 Å². The van der Waals surface area contributed by atoms with Gasteiger partial charge in [-0.3, -0.25) is 9.59 Å². The minimum atomic E-state index is -0.181. The molecule has 0 spiro atoms. The number of likely N-dealkylation sites (tertiary alicyclic amines) is 2. The van der Waals surface area contributed by atoms with Crippen LogP contribution in [0, 0.1) is 11.7 Å². The molecule has 3 rings (SSSR count). The second kappa shape index (κ2) is 9.15. The van der Waals surface area contributed by atoms with Crippen LogP contribution in [0.3, 0.4) is 0 Å². The fraction of sp³-hybridized carbons (Fsp3) is 0.619. The first-order valence-electron chi connectivity index (χ1n) is 9.92. The van der Waals surface area contributed by atoms with Gasteiger partial charge in [-0.05, 0) is 62.1 Å². The zero-order chi connectivity index (χ0) is 18.4. The summed E-state index contributed by atoms with van der Waals surface area (Å²) in [4.78, 5) is 28.0. The molecule has 0 aromatic heterocycles. The van der Waals surface area contributed by atoms with E-state index in [0.29, 0.717) is 25.3 Å². The van der Waals surface area contributed by atoms with E-state index in [0.717, 1.165) is 63.7 Å². The number of carbonyl (C=O) groups is 2. The second-order valence-corrected chi connectivity index (χ2v) is 7.60. The quantitative estimate of drug-likeness (QED) is 0.748. The Labute approximate surface area is 155 Å². The Kier molecular flexibility index (Phi) is 6.64. The SMILES string of the molecule is O=C1CCCN1CCCC(=O)N1CCC[C@@H](CCc2cccc(F)c2)C1. The third-order valence-electron chi connectivity index (χ3n) is 5.59. The molecule has 2 heterocycles. The molecule has 1 atom stereocenters. The van der Waals surface area contributed by atoms with Gasteiger partial charge in [0.15, 0.2) is 0 Å². The minimum Gasteiger partial charge on any atom is -0.343 e. The number of amides is 2. The zero-order valence-corrected chi connectivity index (χ0v) is 15.5. The lowest BCUT2D eigenvalue weighted by molar-refractivity contribution is -0.134. The lowest BCUT2D eigenvalue weighted by atomic mass is 9.91. The van der Waals surface area contributed by atoms with Gasteiger partial charge in [-0.1, -0.05) is 12.1 Å². The summed E-state index contributed by atoms with van der Waals surface area (Å²) < 4.78 is 13.3. The smallest absolute Gasteiger partial charge is 0.222 e. The highest BCUT2D eigenvalue weighted by molar-refractivity contribution is 5.78. The minimum absolute atomic E-state index is 0.181. The molecule has 26 heavy (non-hydrogen) atoms. The molecular weight excluding hydrogens is 331 g/mol. The van der Waals surface area contributed by atoms with Gasteiger partial charge in [0.2, 0.25) is 11.8 Å². The molecule has 2 aliphatic rings. The van der Waals surface area contributed by atoms with Crippen molar-refractivity contribution in [1.82, 2.24) is 9.80 Å². The highest BCUT2D eigenvalue weighted by Gasteiger charge is 2.24. The van der Waals surface area contributed by atoms with E-state index >= 15 is 0 Å². The first-order valence-corrected chi connectivity index (χ1v) is 9.92. The van der Waals surface area contributed by atoms with E-state index in [1.165, 1.54) is 6.07 Å². The molecule has 4 nitrogen and oxygen atoms in total. The monoisotopic (exact) mass is 360 g/mol. The Morgan fingerprint density at radius 2 is 2.12 bits per heavy atom. The summed E-state index contributed by atoms with van der Waals surface area (Å²) in [7, 11) is 0. The Morgan fingerprint density at radius 3 is 2.88 bits per heavy atom. The van der Waals surface area contributed by atoms with Gasteiger partial charge in [-0.2, -0.15) is 0 Å². The van der Waals surface area contributed by atoms with Gasteiger partial charge < -0.3 is 9.80 Å². The third kappa shape index (κ3) is 5.29. The van der Waals surface area contributed by atoms with Gasteiger partial charge in [0.05, 0.1) is 0 Å². The van der Waals surface area contributed by atoms with E-state index in [1.807, 2.05) is 15.9 Å². The number of hydrogen-bond acceptors (Lipinski definition) is 2. The molecule has 0 unspecified atom stereocenters. The van der Waals surface area contributed by atoms with E-state index in [1.54, 1.807) is 12.1 Å². The predicted molar refractivity (Wildman–Crippen MR) is 99.1 cm³/mol. The summed E-state index contributed by atoms with van der Waals surface area (Å²) in [6, 6.07) is 6.80. The molecule has 0 bridgehead atoms. The standard InChI is InChI=1S/C21H29FN2O2/c22-19-7-1-5-17(15-19)10-11-18-6-2-14-24(16-18)21(26)9-4-13-23-12-3-8-20(23)25/h1,5,7,15,18H,2-4,6,8-14,16H2/t18-/m0/s1. The number of carbonyl (C=O) groups excluding carboxylic acids is 2. The fourth-order valence-electron chi connectivity index (χ4n) is 4.11. The number of aryl methyl sites for hydroxylation is 1. The summed E-state index contributed by atoms with van der Waals surface area (Å²) in [6.45, 7) is 3.22. The number of piperidine rings is 1. The average molecular weight is 360 g/mol. The van der Waals surface area contributed by atoms with Crippen LogP contribution in [-0.2, 0) is 16.0 Å². The van der Waals surface area contributed by atoms with Gasteiger partial charge >= 0.3 is 0 Å². The lowest BCUT2D eigenvalue weighted by Gasteiger charge is -2.33. The fourth-order valence-corrected chi connectivity index (χ4v) is 4.11. The highest BCUT2D eigenvalue weighted by atomic mass is 19.1. The normalized spacial score (nSPS) is 20.7. The summed E-state index contributed by atoms with van der Waals surface area (Å²) in [5.74, 6) is 0.760. The van der Waals surface area contributed by atoms with Crippen molar-refractivity contribution in [3.05, 3.63) is 35.6 Å². The second-order valence-electron chi connectivity index (χ2n) is 7.60. The average Bonchev–Trinajstić information content (AvgIpc) is 3.05. The Morgan fingerprint density at radius 1 is 1.23 bits per heavy atom. The molecule has 1 aromatic rings. The Balaban J connectivity index is 1.39. The van der Waals surface area contributed by atoms with Crippen LogP contribution in [-0.4, -0.2) is 47.8 Å². The molecule has 0 saturated carbocycles. The van der Waals surface area contributed by atoms with Crippen molar-refractivity contribution in [2.24, 2.45) is 5.92 Å². The first-order chi connectivity index (χ1) is 12.6. The van der Waals surface area contributed by atoms with Crippen molar-refractivity contribution < 1.29 is 14.0 Å². The van der Waals surface area contributed by atoms with E-state index in [4.69, 9.17) is 0 Å². The van der Waals surface area contributed by atoms with Crippen molar-refractivity contribution in [2.75, 3.05) is 26.2 Å². The summed E-state index contributed by atoms with van der Waals surface area (Å²) >= 11 is 0. The van der Waals surface area contributed by atoms with Crippen LogP contribution >= 0.6 is 0 Å². The molecule has 2 fully saturated rings. The number of nitrogens with zero attached hydrogens (tertiary/aromatic N) is 2. The molecule has 2 aliphatic heterocycles. The van der Waals surface area contributed by atoms with Gasteiger partial charge in [0.1, 0.15) is 5.82 Å². The Hall–Kier alpha value is -1.91. The van der Waals surface area contributed by atoms with Crippen LogP contribution in [0.1, 0.15) is 50.5 Å². The molecule has 2 amide bonds. The summed E-state index contributed by atoms with van der Waals surface area (Å²) in [6.07, 6.45) is 6.94. The zero-order valence-electron chi connectivity index (χ0n) is 15.5. The van der Waals surface area contributed by atoms with Gasteiger partial charge in [0, 0.05) is 39.0 Å². The highest BCUT2D eigenvalue weighted by Crippen LogP contribution is 2.22. The van der Waals surface area contributed by atoms with Gasteiger partial charge in [0.25, 0.3) is 0 Å². The molecular formula is C21H29FN2O2. The van der Waals surface area contributed by atoms with Crippen LogP contribution in [0.5, 0.6) is 0 Å². The maximum atomic E-state index is 13.3. The molecule has 5 heteroatoms. The summed E-state index contributed by atoms with van der Waals surface area (Å²) in [5.41, 5.74) is 1.03. The molecule has 1 aromatic carbocycles. The van der Waals surface area contributed by atoms with Gasteiger partial charge in [-0.15, -0.1) is 0 Å². The van der Waals surface area contributed by atoms with Crippen LogP contribution in [0.2, 0.25) is 0 Å². The molecule has 0 aliphatic carbocycles. The van der Waals surface area contributed by atoms with E-state index in [2.05, 4.69) is 0 Å². The molecule has 0 radical (unpaired) electrons. The van der Waals surface area contributed by atoms with Crippen molar-refractivity contribution >= 4 is 11.8 Å². The van der Waals surface area contributed by atoms with Crippen LogP contribution < -0.4 is 0 Å². The van der Waals surface area contributed by atoms with Crippen molar-refractivity contribution in [2.45, 2.75) is 51.4 Å². The maximum absolute atomic E-state index is 13.3. The van der Waals surface area contributed by atoms with Crippen molar-refractivity contribution in [3.8, 4) is 0 Å². The van der Waals surface area contributed by atoms with Crippen LogP contribution in [0.15, 0.2) is 24.3 Å². The van der Waals surface area contributed by atoms with Crippen molar-refractivity contribution in [1.29, 1.82) is 0 Å². The van der Waals surface area contributed by atoms with Crippen LogP contribution in [0.4, 0.5) is 4.39 Å². The number of hydrogen-bond donors (Lipinski definition) is 0. The first kappa shape index (κ1) is 18.9. The molecule has 2 saturated heterocycles. The number of halogens is 1.